The molecule has 1 unspecified atom stereocenters. The number of halogens is 1. The number of thiophene rings is 2. The van der Waals surface area contributed by atoms with Crippen molar-refractivity contribution in [3.05, 3.63) is 58.2 Å². The van der Waals surface area contributed by atoms with Gasteiger partial charge in [0.2, 0.25) is 0 Å². The van der Waals surface area contributed by atoms with Crippen LogP contribution in [0.5, 0.6) is 0 Å². The molecule has 0 amide bonds. The van der Waals surface area contributed by atoms with Gasteiger partial charge in [-0.25, -0.2) is 8.51 Å². The van der Waals surface area contributed by atoms with E-state index in [1.165, 1.54) is 27.0 Å². The highest BCUT2D eigenvalue weighted by molar-refractivity contribution is 7.81. The second-order valence-electron chi connectivity index (χ2n) is 4.14. The van der Waals surface area contributed by atoms with Crippen molar-refractivity contribution in [2.75, 3.05) is 4.31 Å². The van der Waals surface area contributed by atoms with Crippen LogP contribution in [0, 0.1) is 0 Å². The second-order valence-corrected chi connectivity index (χ2v) is 7.57. The van der Waals surface area contributed by atoms with Gasteiger partial charge in [0.1, 0.15) is 5.00 Å². The topological polar surface area (TPSA) is 40.5 Å². The van der Waals surface area contributed by atoms with Crippen molar-refractivity contribution in [2.24, 2.45) is 0 Å². The monoisotopic (exact) mass is 355 g/mol. The van der Waals surface area contributed by atoms with Crippen molar-refractivity contribution in [2.45, 2.75) is 0 Å². The van der Waals surface area contributed by atoms with Gasteiger partial charge < -0.3 is 0 Å². The summed E-state index contributed by atoms with van der Waals surface area (Å²) in [4.78, 5) is 1.05. The largest absolute Gasteiger partial charge is 0.289 e. The molecule has 2 aromatic heterocycles. The molecule has 0 spiro atoms. The van der Waals surface area contributed by atoms with Gasteiger partial charge in [0.25, 0.3) is 11.3 Å². The van der Waals surface area contributed by atoms with Gasteiger partial charge in [-0.05, 0) is 23.8 Å². The number of hydrogen-bond acceptors (Lipinski definition) is 3. The molecule has 1 N–H and O–H groups in total. The van der Waals surface area contributed by atoms with Crippen molar-refractivity contribution in [3.8, 4) is 10.4 Å². The lowest BCUT2D eigenvalue weighted by Crippen LogP contribution is -2.17. The van der Waals surface area contributed by atoms with Gasteiger partial charge in [-0.15, -0.1) is 22.7 Å². The van der Waals surface area contributed by atoms with Crippen LogP contribution in [0.1, 0.15) is 0 Å². The lowest BCUT2D eigenvalue weighted by atomic mass is 10.2. The van der Waals surface area contributed by atoms with E-state index in [-0.39, 0.29) is 0 Å². The summed E-state index contributed by atoms with van der Waals surface area (Å²) in [5, 5.41) is 2.50. The molecule has 2 heterocycles. The number of anilines is 2. The fraction of sp³-hybridized carbons (Fsp3) is 0. The molecule has 0 fully saturated rings. The Hall–Kier alpha value is -1.18. The van der Waals surface area contributed by atoms with Crippen LogP contribution in [-0.2, 0) is 11.3 Å². The van der Waals surface area contributed by atoms with E-state index in [4.69, 9.17) is 11.6 Å². The highest BCUT2D eigenvalue weighted by Gasteiger charge is 2.19. The van der Waals surface area contributed by atoms with Gasteiger partial charge in [0, 0.05) is 10.3 Å². The van der Waals surface area contributed by atoms with E-state index in [0.29, 0.717) is 15.0 Å². The van der Waals surface area contributed by atoms with Crippen molar-refractivity contribution in [3.63, 3.8) is 0 Å². The summed E-state index contributed by atoms with van der Waals surface area (Å²) in [6.07, 6.45) is 0. The third-order valence-electron chi connectivity index (χ3n) is 2.79. The Bertz CT molecular complexity index is 769. The quantitative estimate of drug-likeness (QED) is 0.636. The summed E-state index contributed by atoms with van der Waals surface area (Å²) in [7, 11) is 0. The SMILES string of the molecule is O=S(O)N(c1csc(-c2ccccc2)c1)c1ccc(Cl)s1. The molecular formula is C14H10ClNO2S3. The molecule has 7 heteroatoms. The molecule has 3 aromatic rings. The van der Waals surface area contributed by atoms with E-state index in [1.54, 1.807) is 12.1 Å². The van der Waals surface area contributed by atoms with Gasteiger partial charge >= 0.3 is 0 Å². The molecule has 3 rings (SSSR count). The molecular weight excluding hydrogens is 346 g/mol. The van der Waals surface area contributed by atoms with Crippen LogP contribution in [-0.4, -0.2) is 8.76 Å². The molecule has 0 saturated carbocycles. The Kier molecular flexibility index (Phi) is 4.42. The molecule has 0 aliphatic rings. The number of nitrogens with zero attached hydrogens (tertiary/aromatic N) is 1. The Morgan fingerprint density at radius 3 is 2.52 bits per heavy atom. The highest BCUT2D eigenvalue weighted by Crippen LogP contribution is 2.39. The van der Waals surface area contributed by atoms with Crippen LogP contribution < -0.4 is 4.31 Å². The van der Waals surface area contributed by atoms with Crippen LogP contribution >= 0.6 is 34.3 Å². The van der Waals surface area contributed by atoms with Crippen molar-refractivity contribution in [1.82, 2.24) is 0 Å². The minimum Gasteiger partial charge on any atom is -0.289 e. The van der Waals surface area contributed by atoms with E-state index in [0.717, 1.165) is 10.4 Å². The Balaban J connectivity index is 1.98. The maximum atomic E-state index is 11.7. The molecule has 0 aliphatic heterocycles. The van der Waals surface area contributed by atoms with Crippen molar-refractivity contribution < 1.29 is 8.76 Å². The standard InChI is InChI=1S/C14H10ClNO2S3/c15-13-6-7-14(20-13)16(21(17)18)11-8-12(19-9-11)10-4-2-1-3-5-10/h1-9H,(H,17,18). The molecule has 1 atom stereocenters. The fourth-order valence-corrected chi connectivity index (χ4v) is 4.61. The Morgan fingerprint density at radius 1 is 1.14 bits per heavy atom. The fourth-order valence-electron chi connectivity index (χ4n) is 1.89. The summed E-state index contributed by atoms with van der Waals surface area (Å²) >= 11 is 6.57. The summed E-state index contributed by atoms with van der Waals surface area (Å²) < 4.78 is 23.2. The molecule has 21 heavy (non-hydrogen) atoms. The number of rotatable bonds is 4. The Morgan fingerprint density at radius 2 is 1.90 bits per heavy atom. The molecule has 0 radical (unpaired) electrons. The van der Waals surface area contributed by atoms with E-state index in [1.807, 2.05) is 41.8 Å². The Labute approximate surface area is 137 Å². The zero-order valence-corrected chi connectivity index (χ0v) is 13.8. The third-order valence-corrected chi connectivity index (χ3v) is 5.81. The van der Waals surface area contributed by atoms with Gasteiger partial charge in [0.05, 0.1) is 10.0 Å². The minimum absolute atomic E-state index is 0.582. The first-order valence-corrected chi connectivity index (χ1v) is 9.09. The van der Waals surface area contributed by atoms with Gasteiger partial charge in [-0.1, -0.05) is 41.9 Å². The molecule has 0 saturated heterocycles. The second kappa shape index (κ2) is 6.29. The zero-order valence-electron chi connectivity index (χ0n) is 10.6. The minimum atomic E-state index is -2.14. The molecule has 3 nitrogen and oxygen atoms in total. The van der Waals surface area contributed by atoms with Gasteiger partial charge in [0.15, 0.2) is 0 Å². The van der Waals surface area contributed by atoms with Gasteiger partial charge in [-0.2, -0.15) is 0 Å². The highest BCUT2D eigenvalue weighted by atomic mass is 35.5. The molecule has 0 bridgehead atoms. The smallest absolute Gasteiger partial charge is 0.267 e. The van der Waals surface area contributed by atoms with Crippen LogP contribution in [0.4, 0.5) is 10.7 Å². The zero-order chi connectivity index (χ0) is 14.8. The van der Waals surface area contributed by atoms with Crippen molar-refractivity contribution >= 4 is 56.2 Å². The van der Waals surface area contributed by atoms with E-state index in [2.05, 4.69) is 0 Å². The van der Waals surface area contributed by atoms with Crippen LogP contribution in [0.15, 0.2) is 53.9 Å². The van der Waals surface area contributed by atoms with E-state index in [9.17, 15) is 8.76 Å². The average Bonchev–Trinajstić information content (AvgIpc) is 3.10. The van der Waals surface area contributed by atoms with E-state index >= 15 is 0 Å². The first kappa shape index (κ1) is 14.7. The molecule has 108 valence electrons. The average molecular weight is 356 g/mol. The van der Waals surface area contributed by atoms with Crippen LogP contribution in [0.25, 0.3) is 10.4 Å². The maximum Gasteiger partial charge on any atom is 0.267 e. The lowest BCUT2D eigenvalue weighted by molar-refractivity contribution is 0.565. The van der Waals surface area contributed by atoms with E-state index < -0.39 is 11.3 Å². The van der Waals surface area contributed by atoms with Crippen LogP contribution in [0.3, 0.4) is 0 Å². The predicted molar refractivity (Wildman–Crippen MR) is 92.0 cm³/mol. The number of benzene rings is 1. The van der Waals surface area contributed by atoms with Crippen molar-refractivity contribution in [1.29, 1.82) is 0 Å². The number of hydrogen-bond donors (Lipinski definition) is 1. The third kappa shape index (κ3) is 3.20. The summed E-state index contributed by atoms with van der Waals surface area (Å²) in [6, 6.07) is 15.3. The molecule has 1 aromatic carbocycles. The summed E-state index contributed by atoms with van der Waals surface area (Å²) in [6.45, 7) is 0. The first-order chi connectivity index (χ1) is 10.1. The summed E-state index contributed by atoms with van der Waals surface area (Å²) in [5.41, 5.74) is 1.76. The van der Waals surface area contributed by atoms with Crippen LogP contribution in [0.2, 0.25) is 4.34 Å². The maximum absolute atomic E-state index is 11.7. The lowest BCUT2D eigenvalue weighted by Gasteiger charge is -2.15. The summed E-state index contributed by atoms with van der Waals surface area (Å²) in [5.74, 6) is 0. The predicted octanol–water partition coefficient (Wildman–Crippen LogP) is 5.40. The van der Waals surface area contributed by atoms with Gasteiger partial charge in [-0.3, -0.25) is 4.55 Å². The normalized spacial score (nSPS) is 12.3. The first-order valence-electron chi connectivity index (χ1n) is 5.95. The molecule has 0 aliphatic carbocycles.